The topological polar surface area (TPSA) is 68.8 Å². The van der Waals surface area contributed by atoms with Gasteiger partial charge in [-0.15, -0.1) is 0 Å². The Bertz CT molecular complexity index is 1440. The number of ether oxygens (including phenoxy) is 1. The van der Waals surface area contributed by atoms with E-state index in [9.17, 15) is 9.90 Å². The summed E-state index contributed by atoms with van der Waals surface area (Å²) in [6.07, 6.45) is 1.22. The van der Waals surface area contributed by atoms with Gasteiger partial charge < -0.3 is 19.7 Å². The van der Waals surface area contributed by atoms with E-state index in [0.717, 1.165) is 37.2 Å². The highest BCUT2D eigenvalue weighted by atomic mass is 16.5. The molecule has 6 rings (SSSR count). The second-order valence-corrected chi connectivity index (χ2v) is 10.7. The Morgan fingerprint density at radius 1 is 1.08 bits per heavy atom. The van der Waals surface area contributed by atoms with E-state index in [0.29, 0.717) is 5.56 Å². The van der Waals surface area contributed by atoms with Crippen LogP contribution < -0.4 is 4.74 Å². The zero-order valence-corrected chi connectivity index (χ0v) is 22.2. The van der Waals surface area contributed by atoms with Crippen LogP contribution in [0.3, 0.4) is 0 Å². The van der Waals surface area contributed by atoms with Crippen molar-refractivity contribution >= 4 is 16.8 Å². The molecule has 38 heavy (non-hydrogen) atoms. The largest absolute Gasteiger partial charge is 0.497 e. The number of hydrogen-bond acceptors (Lipinski definition) is 4. The predicted octanol–water partition coefficient (Wildman–Crippen LogP) is 5.28. The average molecular weight is 510 g/mol. The van der Waals surface area contributed by atoms with Crippen molar-refractivity contribution in [1.29, 1.82) is 0 Å². The number of piperidine rings is 1. The third-order valence-electron chi connectivity index (χ3n) is 8.65. The molecule has 0 saturated carbocycles. The maximum Gasteiger partial charge on any atom is 0.253 e. The number of carbonyl (C=O) groups excluding carboxylic acids is 1. The molecule has 4 aromatic rings. The van der Waals surface area contributed by atoms with Crippen molar-refractivity contribution < 1.29 is 14.6 Å². The van der Waals surface area contributed by atoms with Crippen LogP contribution in [0.25, 0.3) is 22.0 Å². The summed E-state index contributed by atoms with van der Waals surface area (Å²) in [5.41, 5.74) is 6.92. The van der Waals surface area contributed by atoms with Crippen LogP contribution in [0.4, 0.5) is 0 Å². The molecule has 2 aliphatic heterocycles. The third-order valence-corrected chi connectivity index (χ3v) is 8.65. The second kappa shape index (κ2) is 9.93. The molecular weight excluding hydrogens is 474 g/mol. The van der Waals surface area contributed by atoms with Crippen LogP contribution in [0.15, 0.2) is 72.8 Å². The lowest BCUT2D eigenvalue weighted by molar-refractivity contribution is -0.0239. The number of amides is 1. The van der Waals surface area contributed by atoms with Gasteiger partial charge in [-0.05, 0) is 66.8 Å². The van der Waals surface area contributed by atoms with E-state index in [2.05, 4.69) is 58.4 Å². The summed E-state index contributed by atoms with van der Waals surface area (Å²) in [7, 11) is 3.50. The Kier molecular flexibility index (Phi) is 6.46. The van der Waals surface area contributed by atoms with Gasteiger partial charge in [0.15, 0.2) is 0 Å². The SMILES string of the molecule is COc1ccc(C(=O)N(C)[C@H]2C[C@H]3c4[nH]c5cccc(-c6ccccc6)c5c4CCN3C[C@H]2[C@H](C)O)cc1. The Labute approximate surface area is 223 Å². The van der Waals surface area contributed by atoms with Crippen LogP contribution in [0.2, 0.25) is 0 Å². The van der Waals surface area contributed by atoms with Crippen LogP contribution in [-0.2, 0) is 6.42 Å². The predicted molar refractivity (Wildman–Crippen MR) is 150 cm³/mol. The lowest BCUT2D eigenvalue weighted by Crippen LogP contribution is -2.56. The number of carbonyl (C=O) groups is 1. The summed E-state index contributed by atoms with van der Waals surface area (Å²) < 4.78 is 5.26. The molecule has 3 aromatic carbocycles. The Morgan fingerprint density at radius 3 is 2.55 bits per heavy atom. The number of nitrogens with zero attached hydrogens (tertiary/aromatic N) is 2. The minimum absolute atomic E-state index is 0.0238. The van der Waals surface area contributed by atoms with Gasteiger partial charge in [-0.1, -0.05) is 42.5 Å². The van der Waals surface area contributed by atoms with Crippen molar-refractivity contribution in [2.75, 3.05) is 27.2 Å². The van der Waals surface area contributed by atoms with E-state index in [4.69, 9.17) is 4.74 Å². The molecule has 1 amide bonds. The second-order valence-electron chi connectivity index (χ2n) is 10.7. The normalized spacial score (nSPS) is 21.9. The van der Waals surface area contributed by atoms with Gasteiger partial charge >= 0.3 is 0 Å². The van der Waals surface area contributed by atoms with Crippen LogP contribution in [-0.4, -0.2) is 65.2 Å². The quantitative estimate of drug-likeness (QED) is 0.384. The van der Waals surface area contributed by atoms with Gasteiger partial charge in [-0.3, -0.25) is 9.69 Å². The first-order valence-corrected chi connectivity index (χ1v) is 13.5. The van der Waals surface area contributed by atoms with Crippen LogP contribution >= 0.6 is 0 Å². The molecule has 1 aromatic heterocycles. The lowest BCUT2D eigenvalue weighted by atomic mass is 9.79. The molecule has 2 aliphatic rings. The monoisotopic (exact) mass is 509 g/mol. The fourth-order valence-electron chi connectivity index (χ4n) is 6.62. The zero-order chi connectivity index (χ0) is 26.4. The minimum atomic E-state index is -0.513. The van der Waals surface area contributed by atoms with Gasteiger partial charge in [0.1, 0.15) is 5.75 Å². The van der Waals surface area contributed by atoms with Crippen molar-refractivity contribution in [2.45, 2.75) is 38.0 Å². The first-order chi connectivity index (χ1) is 18.5. The molecule has 0 unspecified atom stereocenters. The molecule has 1 fully saturated rings. The zero-order valence-electron chi connectivity index (χ0n) is 22.2. The van der Waals surface area contributed by atoms with Gasteiger partial charge in [0.25, 0.3) is 5.91 Å². The summed E-state index contributed by atoms with van der Waals surface area (Å²) in [5, 5.41) is 12.1. The number of aromatic amines is 1. The van der Waals surface area contributed by atoms with E-state index in [1.54, 1.807) is 7.11 Å². The minimum Gasteiger partial charge on any atom is -0.497 e. The standard InChI is InChI=1S/C32H35N3O3/c1-20(36)26-19-35-17-16-25-30-24(21-8-5-4-6-9-21)10-7-11-27(30)33-31(25)29(35)18-28(26)34(2)32(37)22-12-14-23(38-3)15-13-22/h4-15,20,26,28-29,33,36H,16-19H2,1-3H3/t20-,26-,28-,29-/m0/s1. The number of aromatic nitrogens is 1. The number of hydrogen-bond donors (Lipinski definition) is 2. The highest BCUT2D eigenvalue weighted by molar-refractivity contribution is 5.99. The Morgan fingerprint density at radius 2 is 1.84 bits per heavy atom. The fraction of sp³-hybridized carbons (Fsp3) is 0.344. The van der Waals surface area contributed by atoms with E-state index < -0.39 is 6.10 Å². The molecule has 4 atom stereocenters. The number of aliphatic hydroxyl groups is 1. The molecule has 2 N–H and O–H groups in total. The first-order valence-electron chi connectivity index (χ1n) is 13.5. The average Bonchev–Trinajstić information content (AvgIpc) is 3.35. The van der Waals surface area contributed by atoms with Gasteiger partial charge in [0, 0.05) is 54.3 Å². The highest BCUT2D eigenvalue weighted by Crippen LogP contribution is 2.44. The molecule has 3 heterocycles. The number of fused-ring (bicyclic) bond motifs is 5. The molecule has 196 valence electrons. The first kappa shape index (κ1) is 24.7. The summed E-state index contributed by atoms with van der Waals surface area (Å²) >= 11 is 0. The number of benzene rings is 3. The van der Waals surface area contributed by atoms with Crippen molar-refractivity contribution in [3.8, 4) is 16.9 Å². The van der Waals surface area contributed by atoms with Gasteiger partial charge in [0.05, 0.1) is 19.3 Å². The Hall–Kier alpha value is -3.61. The van der Waals surface area contributed by atoms with Crippen molar-refractivity contribution in [2.24, 2.45) is 5.92 Å². The maximum absolute atomic E-state index is 13.5. The van der Waals surface area contributed by atoms with Gasteiger partial charge in [0.2, 0.25) is 0 Å². The molecule has 0 aliphatic carbocycles. The van der Waals surface area contributed by atoms with E-state index in [1.165, 1.54) is 27.8 Å². The van der Waals surface area contributed by atoms with Crippen LogP contribution in [0.5, 0.6) is 5.75 Å². The Balaban J connectivity index is 1.36. The summed E-state index contributed by atoms with van der Waals surface area (Å²) in [6.45, 7) is 3.56. The van der Waals surface area contributed by atoms with Gasteiger partial charge in [-0.2, -0.15) is 0 Å². The lowest BCUT2D eigenvalue weighted by Gasteiger charge is -2.49. The molecular formula is C32H35N3O3. The molecule has 0 radical (unpaired) electrons. The van der Waals surface area contributed by atoms with Crippen LogP contribution in [0, 0.1) is 5.92 Å². The summed E-state index contributed by atoms with van der Waals surface area (Å²) in [6, 6.07) is 24.4. The molecule has 0 spiro atoms. The van der Waals surface area contributed by atoms with Gasteiger partial charge in [-0.25, -0.2) is 0 Å². The van der Waals surface area contributed by atoms with E-state index in [-0.39, 0.29) is 23.9 Å². The number of aliphatic hydroxyl groups excluding tert-OH is 1. The third kappa shape index (κ3) is 4.18. The van der Waals surface area contributed by atoms with Crippen molar-refractivity contribution in [1.82, 2.24) is 14.8 Å². The molecule has 0 bridgehead atoms. The maximum atomic E-state index is 13.5. The molecule has 6 nitrogen and oxygen atoms in total. The molecule has 6 heteroatoms. The number of H-pyrrole nitrogens is 1. The highest BCUT2D eigenvalue weighted by Gasteiger charge is 2.44. The fourth-order valence-corrected chi connectivity index (χ4v) is 6.62. The van der Waals surface area contributed by atoms with E-state index >= 15 is 0 Å². The summed E-state index contributed by atoms with van der Waals surface area (Å²) in [5.74, 6) is 0.669. The smallest absolute Gasteiger partial charge is 0.253 e. The molecule has 1 saturated heterocycles. The van der Waals surface area contributed by atoms with Crippen molar-refractivity contribution in [3.05, 3.63) is 89.6 Å². The number of nitrogens with one attached hydrogen (secondary N) is 1. The van der Waals surface area contributed by atoms with E-state index in [1.807, 2.05) is 43.1 Å². The number of rotatable bonds is 5. The van der Waals surface area contributed by atoms with Crippen LogP contribution in [0.1, 0.15) is 41.0 Å². The summed E-state index contributed by atoms with van der Waals surface area (Å²) in [4.78, 5) is 21.7. The number of methoxy groups -OCH3 is 1. The van der Waals surface area contributed by atoms with Crippen molar-refractivity contribution in [3.63, 3.8) is 0 Å².